The average molecular weight is 314 g/mol. The molecule has 0 radical (unpaired) electrons. The predicted molar refractivity (Wildman–Crippen MR) is 77.4 cm³/mol. The third kappa shape index (κ3) is 3.13. The second kappa shape index (κ2) is 6.04. The minimum absolute atomic E-state index is 0.148. The van der Waals surface area contributed by atoms with E-state index in [0.29, 0.717) is 19.1 Å². The number of aryl methyl sites for hydroxylation is 1. The molecule has 0 bridgehead atoms. The lowest BCUT2D eigenvalue weighted by molar-refractivity contribution is 0.00609. The lowest BCUT2D eigenvalue weighted by Gasteiger charge is -2.39. The number of rotatable bonds is 3. The number of piperidine rings is 1. The summed E-state index contributed by atoms with van der Waals surface area (Å²) in [6.07, 6.45) is 4.84. The molecule has 7 nitrogen and oxygen atoms in total. The van der Waals surface area contributed by atoms with E-state index >= 15 is 0 Å². The van der Waals surface area contributed by atoms with Crippen molar-refractivity contribution in [1.82, 2.24) is 18.8 Å². The predicted octanol–water partition coefficient (Wildman–Crippen LogP) is -0.0946. The van der Waals surface area contributed by atoms with E-state index < -0.39 is 10.0 Å². The van der Waals surface area contributed by atoms with E-state index in [1.165, 1.54) is 6.33 Å². The molecule has 0 aliphatic carbocycles. The van der Waals surface area contributed by atoms with Crippen molar-refractivity contribution in [2.45, 2.75) is 23.9 Å². The smallest absolute Gasteiger partial charge is 0.262 e. The molecular weight excluding hydrogens is 292 g/mol. The van der Waals surface area contributed by atoms with Crippen LogP contribution in [0.5, 0.6) is 0 Å². The molecular formula is C13H22N4O3S. The Morgan fingerprint density at radius 3 is 2.43 bits per heavy atom. The highest BCUT2D eigenvalue weighted by Crippen LogP contribution is 2.22. The molecule has 0 spiro atoms. The maximum atomic E-state index is 12.5. The Labute approximate surface area is 125 Å². The van der Waals surface area contributed by atoms with Gasteiger partial charge in [-0.2, -0.15) is 4.31 Å². The molecule has 118 valence electrons. The lowest BCUT2D eigenvalue weighted by atomic mass is 10.0. The summed E-state index contributed by atoms with van der Waals surface area (Å²) in [4.78, 5) is 6.40. The number of imidazole rings is 1. The fourth-order valence-corrected chi connectivity index (χ4v) is 4.48. The molecule has 0 saturated carbocycles. The third-order valence-electron chi connectivity index (χ3n) is 4.27. The van der Waals surface area contributed by atoms with Gasteiger partial charge < -0.3 is 9.30 Å². The summed E-state index contributed by atoms with van der Waals surface area (Å²) < 4.78 is 33.6. The van der Waals surface area contributed by atoms with Gasteiger partial charge in [0.1, 0.15) is 0 Å². The van der Waals surface area contributed by atoms with Crippen molar-refractivity contribution in [3.05, 3.63) is 12.5 Å². The minimum Gasteiger partial charge on any atom is -0.379 e. The molecule has 1 aromatic heterocycles. The molecule has 0 atom stereocenters. The highest BCUT2D eigenvalue weighted by Gasteiger charge is 2.33. The molecule has 0 amide bonds. The first kappa shape index (κ1) is 15.0. The number of aromatic nitrogens is 2. The van der Waals surface area contributed by atoms with Crippen LogP contribution in [0.25, 0.3) is 0 Å². The fraction of sp³-hybridized carbons (Fsp3) is 0.769. The molecule has 0 unspecified atom stereocenters. The Morgan fingerprint density at radius 1 is 1.19 bits per heavy atom. The number of hydrogen-bond acceptors (Lipinski definition) is 5. The van der Waals surface area contributed by atoms with Crippen LogP contribution in [0.1, 0.15) is 12.8 Å². The zero-order chi connectivity index (χ0) is 14.9. The zero-order valence-corrected chi connectivity index (χ0v) is 13.1. The molecule has 2 aliphatic rings. The molecule has 8 heteroatoms. The SMILES string of the molecule is Cn1cnc(S(=O)(=O)N2CCC(N3CCOCC3)CC2)c1. The van der Waals surface area contributed by atoms with Crippen LogP contribution in [0.3, 0.4) is 0 Å². The lowest BCUT2D eigenvalue weighted by Crippen LogP contribution is -2.50. The van der Waals surface area contributed by atoms with E-state index in [-0.39, 0.29) is 5.03 Å². The van der Waals surface area contributed by atoms with Crippen LogP contribution in [0.2, 0.25) is 0 Å². The number of morpholine rings is 1. The van der Waals surface area contributed by atoms with E-state index in [1.54, 1.807) is 22.1 Å². The Balaban J connectivity index is 1.62. The maximum Gasteiger partial charge on any atom is 0.262 e. The van der Waals surface area contributed by atoms with Gasteiger partial charge >= 0.3 is 0 Å². The third-order valence-corrected chi connectivity index (χ3v) is 6.06. The van der Waals surface area contributed by atoms with Crippen molar-refractivity contribution >= 4 is 10.0 Å². The van der Waals surface area contributed by atoms with Gasteiger partial charge in [-0.15, -0.1) is 0 Å². The first-order valence-electron chi connectivity index (χ1n) is 7.37. The van der Waals surface area contributed by atoms with Crippen LogP contribution in [-0.4, -0.2) is 72.6 Å². The van der Waals surface area contributed by atoms with Crippen molar-refractivity contribution in [3.8, 4) is 0 Å². The summed E-state index contributed by atoms with van der Waals surface area (Å²) >= 11 is 0. The van der Waals surface area contributed by atoms with Gasteiger partial charge in [0.15, 0.2) is 5.03 Å². The summed E-state index contributed by atoms with van der Waals surface area (Å²) in [5.41, 5.74) is 0. The summed E-state index contributed by atoms with van der Waals surface area (Å²) in [6, 6.07) is 0.476. The van der Waals surface area contributed by atoms with Gasteiger partial charge in [0.2, 0.25) is 0 Å². The van der Waals surface area contributed by atoms with E-state index in [2.05, 4.69) is 9.88 Å². The normalized spacial score (nSPS) is 23.5. The van der Waals surface area contributed by atoms with E-state index in [4.69, 9.17) is 4.74 Å². The van der Waals surface area contributed by atoms with Gasteiger partial charge in [0.25, 0.3) is 10.0 Å². The fourth-order valence-electron chi connectivity index (χ4n) is 3.04. The summed E-state index contributed by atoms with van der Waals surface area (Å²) in [5.74, 6) is 0. The maximum absolute atomic E-state index is 12.5. The van der Waals surface area contributed by atoms with Gasteiger partial charge in [0.05, 0.1) is 19.5 Å². The van der Waals surface area contributed by atoms with Crippen molar-refractivity contribution in [2.24, 2.45) is 7.05 Å². The van der Waals surface area contributed by atoms with Crippen molar-refractivity contribution in [1.29, 1.82) is 0 Å². The Kier molecular flexibility index (Phi) is 4.30. The molecule has 2 saturated heterocycles. The van der Waals surface area contributed by atoms with Crippen LogP contribution in [-0.2, 0) is 21.8 Å². The van der Waals surface area contributed by atoms with Crippen molar-refractivity contribution in [2.75, 3.05) is 39.4 Å². The molecule has 1 aromatic rings. The Bertz CT molecular complexity index is 572. The standard InChI is InChI=1S/C13H22N4O3S/c1-15-10-13(14-11-15)21(18,19)17-4-2-12(3-5-17)16-6-8-20-9-7-16/h10-12H,2-9H2,1H3. The van der Waals surface area contributed by atoms with E-state index in [0.717, 1.165) is 39.1 Å². The molecule has 3 heterocycles. The number of sulfonamides is 1. The van der Waals surface area contributed by atoms with Gasteiger partial charge in [-0.05, 0) is 12.8 Å². The van der Waals surface area contributed by atoms with Gasteiger partial charge in [-0.3, -0.25) is 4.90 Å². The van der Waals surface area contributed by atoms with Crippen LogP contribution >= 0.6 is 0 Å². The summed E-state index contributed by atoms with van der Waals surface area (Å²) in [6.45, 7) is 4.62. The second-order valence-electron chi connectivity index (χ2n) is 5.66. The summed E-state index contributed by atoms with van der Waals surface area (Å²) in [5, 5.41) is 0.148. The van der Waals surface area contributed by atoms with Crippen molar-refractivity contribution in [3.63, 3.8) is 0 Å². The minimum atomic E-state index is -3.44. The van der Waals surface area contributed by atoms with E-state index in [9.17, 15) is 8.42 Å². The molecule has 2 aliphatic heterocycles. The van der Waals surface area contributed by atoms with Gasteiger partial charge in [0, 0.05) is 45.5 Å². The van der Waals surface area contributed by atoms with Gasteiger partial charge in [-0.1, -0.05) is 0 Å². The molecule has 0 aromatic carbocycles. The number of nitrogens with zero attached hydrogens (tertiary/aromatic N) is 4. The number of hydrogen-bond donors (Lipinski definition) is 0. The number of ether oxygens (including phenoxy) is 1. The van der Waals surface area contributed by atoms with Crippen LogP contribution in [0.15, 0.2) is 17.6 Å². The summed E-state index contributed by atoms with van der Waals surface area (Å²) in [7, 11) is -1.66. The molecule has 3 rings (SSSR count). The van der Waals surface area contributed by atoms with Crippen LogP contribution in [0.4, 0.5) is 0 Å². The highest BCUT2D eigenvalue weighted by molar-refractivity contribution is 7.89. The Morgan fingerprint density at radius 2 is 1.86 bits per heavy atom. The first-order valence-corrected chi connectivity index (χ1v) is 8.81. The quantitative estimate of drug-likeness (QED) is 0.780. The largest absolute Gasteiger partial charge is 0.379 e. The average Bonchev–Trinajstić information content (AvgIpc) is 2.96. The van der Waals surface area contributed by atoms with Crippen LogP contribution < -0.4 is 0 Å². The molecule has 21 heavy (non-hydrogen) atoms. The zero-order valence-electron chi connectivity index (χ0n) is 12.3. The van der Waals surface area contributed by atoms with Crippen LogP contribution in [0, 0.1) is 0 Å². The molecule has 0 N–H and O–H groups in total. The first-order chi connectivity index (χ1) is 10.1. The van der Waals surface area contributed by atoms with Crippen molar-refractivity contribution < 1.29 is 13.2 Å². The molecule has 2 fully saturated rings. The van der Waals surface area contributed by atoms with Gasteiger partial charge in [-0.25, -0.2) is 13.4 Å². The van der Waals surface area contributed by atoms with E-state index in [1.807, 2.05) is 0 Å². The Hall–Kier alpha value is -0.960. The second-order valence-corrected chi connectivity index (χ2v) is 7.55. The monoisotopic (exact) mass is 314 g/mol. The highest BCUT2D eigenvalue weighted by atomic mass is 32.2. The topological polar surface area (TPSA) is 67.7 Å².